The van der Waals surface area contributed by atoms with Gasteiger partial charge in [-0.25, -0.2) is 4.98 Å². The van der Waals surface area contributed by atoms with Crippen LogP contribution in [0.25, 0.3) is 0 Å². The van der Waals surface area contributed by atoms with Gasteiger partial charge in [-0.2, -0.15) is 0 Å². The second kappa shape index (κ2) is 5.74. The van der Waals surface area contributed by atoms with Crippen LogP contribution in [0.3, 0.4) is 0 Å². The first-order valence-corrected chi connectivity index (χ1v) is 8.84. The summed E-state index contributed by atoms with van der Waals surface area (Å²) in [5.74, 6) is 0. The van der Waals surface area contributed by atoms with E-state index in [-0.39, 0.29) is 5.41 Å². The molecule has 1 N–H and O–H groups in total. The Bertz CT molecular complexity index is 443. The molecule has 2 fully saturated rings. The maximum absolute atomic E-state index is 4.86. The highest BCUT2D eigenvalue weighted by Gasteiger charge is 2.33. The van der Waals surface area contributed by atoms with Crippen molar-refractivity contribution in [2.75, 3.05) is 13.1 Å². The van der Waals surface area contributed by atoms with Gasteiger partial charge in [-0.05, 0) is 38.8 Å². The lowest BCUT2D eigenvalue weighted by Gasteiger charge is -2.28. The fourth-order valence-corrected chi connectivity index (χ4v) is 4.37. The smallest absolute Gasteiger partial charge is 0.0982 e. The van der Waals surface area contributed by atoms with Crippen molar-refractivity contribution in [3.05, 3.63) is 16.1 Å². The van der Waals surface area contributed by atoms with E-state index in [4.69, 9.17) is 4.98 Å². The summed E-state index contributed by atoms with van der Waals surface area (Å²) < 4.78 is 0. The average Bonchev–Trinajstić information content (AvgIpc) is 3.08. The number of nitrogens with zero attached hydrogens (tertiary/aromatic N) is 2. The quantitative estimate of drug-likeness (QED) is 0.928. The Morgan fingerprint density at radius 1 is 1.35 bits per heavy atom. The predicted octanol–water partition coefficient (Wildman–Crippen LogP) is 3.16. The van der Waals surface area contributed by atoms with E-state index in [0.29, 0.717) is 0 Å². The van der Waals surface area contributed by atoms with Crippen LogP contribution in [0.1, 0.15) is 57.2 Å². The number of likely N-dealkylation sites (tertiary alicyclic amines) is 1. The van der Waals surface area contributed by atoms with Crippen LogP contribution in [0.2, 0.25) is 0 Å². The van der Waals surface area contributed by atoms with Gasteiger partial charge in [-0.15, -0.1) is 11.3 Å². The van der Waals surface area contributed by atoms with E-state index in [9.17, 15) is 0 Å². The standard InChI is InChI=1S/C16H27N3S/c1-16(2,3)15-18-12(11-20-15)10-19-9-5-7-14(19)13-6-4-8-17-13/h11,13-14,17H,4-10H2,1-3H3. The molecule has 0 amide bonds. The summed E-state index contributed by atoms with van der Waals surface area (Å²) in [7, 11) is 0. The lowest BCUT2D eigenvalue weighted by molar-refractivity contribution is 0.204. The molecule has 2 saturated heterocycles. The van der Waals surface area contributed by atoms with Crippen molar-refractivity contribution in [3.63, 3.8) is 0 Å². The zero-order chi connectivity index (χ0) is 14.2. The summed E-state index contributed by atoms with van der Waals surface area (Å²) in [5.41, 5.74) is 1.45. The van der Waals surface area contributed by atoms with Gasteiger partial charge < -0.3 is 5.32 Å². The van der Waals surface area contributed by atoms with Gasteiger partial charge in [-0.1, -0.05) is 20.8 Å². The molecule has 4 heteroatoms. The zero-order valence-corrected chi connectivity index (χ0v) is 13.8. The van der Waals surface area contributed by atoms with Gasteiger partial charge in [0.2, 0.25) is 0 Å². The van der Waals surface area contributed by atoms with Crippen LogP contribution in [-0.2, 0) is 12.0 Å². The van der Waals surface area contributed by atoms with E-state index < -0.39 is 0 Å². The molecule has 2 unspecified atom stereocenters. The molecule has 0 aromatic carbocycles. The molecule has 3 nitrogen and oxygen atoms in total. The van der Waals surface area contributed by atoms with Crippen molar-refractivity contribution >= 4 is 11.3 Å². The minimum Gasteiger partial charge on any atom is -0.312 e. The molecular weight excluding hydrogens is 266 g/mol. The van der Waals surface area contributed by atoms with Gasteiger partial charge in [0.25, 0.3) is 0 Å². The number of hydrogen-bond acceptors (Lipinski definition) is 4. The normalized spacial score (nSPS) is 28.4. The summed E-state index contributed by atoms with van der Waals surface area (Å²) in [5, 5.41) is 7.21. The summed E-state index contributed by atoms with van der Waals surface area (Å²) in [4.78, 5) is 7.52. The molecule has 2 aliphatic rings. The highest BCUT2D eigenvalue weighted by atomic mass is 32.1. The monoisotopic (exact) mass is 293 g/mol. The summed E-state index contributed by atoms with van der Waals surface area (Å²) in [6, 6.07) is 1.45. The highest BCUT2D eigenvalue weighted by Crippen LogP contribution is 2.29. The number of rotatable bonds is 3. The van der Waals surface area contributed by atoms with E-state index in [2.05, 4.69) is 36.4 Å². The topological polar surface area (TPSA) is 28.2 Å². The van der Waals surface area contributed by atoms with Gasteiger partial charge in [-0.3, -0.25) is 4.90 Å². The summed E-state index contributed by atoms with van der Waals surface area (Å²) in [6.07, 6.45) is 5.40. The molecule has 1 aromatic rings. The van der Waals surface area contributed by atoms with E-state index in [1.807, 2.05) is 11.3 Å². The van der Waals surface area contributed by atoms with Crippen LogP contribution in [0.5, 0.6) is 0 Å². The molecule has 0 bridgehead atoms. The molecule has 1 aromatic heterocycles. The summed E-state index contributed by atoms with van der Waals surface area (Å²) >= 11 is 1.82. The Balaban J connectivity index is 1.65. The lowest BCUT2D eigenvalue weighted by Crippen LogP contribution is -2.43. The third kappa shape index (κ3) is 3.07. The van der Waals surface area contributed by atoms with Crippen LogP contribution >= 0.6 is 11.3 Å². The van der Waals surface area contributed by atoms with Crippen LogP contribution in [0.15, 0.2) is 5.38 Å². The largest absolute Gasteiger partial charge is 0.312 e. The van der Waals surface area contributed by atoms with Crippen molar-refractivity contribution in [1.29, 1.82) is 0 Å². The summed E-state index contributed by atoms with van der Waals surface area (Å²) in [6.45, 7) is 10.2. The first-order chi connectivity index (χ1) is 9.54. The van der Waals surface area contributed by atoms with Crippen LogP contribution < -0.4 is 5.32 Å². The van der Waals surface area contributed by atoms with Gasteiger partial charge in [0.15, 0.2) is 0 Å². The van der Waals surface area contributed by atoms with Crippen molar-refractivity contribution < 1.29 is 0 Å². The number of thiazole rings is 1. The molecule has 112 valence electrons. The first kappa shape index (κ1) is 14.5. The van der Waals surface area contributed by atoms with E-state index >= 15 is 0 Å². The number of aromatic nitrogens is 1. The molecule has 2 aliphatic heterocycles. The Morgan fingerprint density at radius 2 is 2.20 bits per heavy atom. The molecule has 3 heterocycles. The number of nitrogens with one attached hydrogen (secondary N) is 1. The maximum atomic E-state index is 4.86. The van der Waals surface area contributed by atoms with Gasteiger partial charge in [0.05, 0.1) is 10.7 Å². The fraction of sp³-hybridized carbons (Fsp3) is 0.812. The third-order valence-electron chi connectivity index (χ3n) is 4.54. The van der Waals surface area contributed by atoms with Gasteiger partial charge >= 0.3 is 0 Å². The second-order valence-corrected chi connectivity index (χ2v) is 8.13. The molecule has 0 saturated carbocycles. The molecule has 0 aliphatic carbocycles. The minimum atomic E-state index is 0.181. The Hall–Kier alpha value is -0.450. The van der Waals surface area contributed by atoms with Gasteiger partial charge in [0.1, 0.15) is 0 Å². The fourth-order valence-electron chi connectivity index (χ4n) is 3.48. The van der Waals surface area contributed by atoms with Crippen molar-refractivity contribution in [2.45, 2.75) is 70.5 Å². The molecule has 2 atom stereocenters. The molecule has 20 heavy (non-hydrogen) atoms. The van der Waals surface area contributed by atoms with Crippen molar-refractivity contribution in [1.82, 2.24) is 15.2 Å². The van der Waals surface area contributed by atoms with Crippen LogP contribution in [0.4, 0.5) is 0 Å². The minimum absolute atomic E-state index is 0.181. The van der Waals surface area contributed by atoms with Crippen molar-refractivity contribution in [3.8, 4) is 0 Å². The molecular formula is C16H27N3S. The van der Waals surface area contributed by atoms with Crippen LogP contribution in [0, 0.1) is 0 Å². The lowest BCUT2D eigenvalue weighted by atomic mass is 9.98. The second-order valence-electron chi connectivity index (χ2n) is 7.28. The third-order valence-corrected chi connectivity index (χ3v) is 5.85. The van der Waals surface area contributed by atoms with Gasteiger partial charge in [0, 0.05) is 29.4 Å². The maximum Gasteiger partial charge on any atom is 0.0982 e. The van der Waals surface area contributed by atoms with E-state index in [1.54, 1.807) is 0 Å². The molecule has 0 spiro atoms. The molecule has 0 radical (unpaired) electrons. The van der Waals surface area contributed by atoms with E-state index in [0.717, 1.165) is 18.6 Å². The number of hydrogen-bond donors (Lipinski definition) is 1. The SMILES string of the molecule is CC(C)(C)c1nc(CN2CCCC2C2CCCN2)cs1. The van der Waals surface area contributed by atoms with Crippen LogP contribution in [-0.4, -0.2) is 35.1 Å². The van der Waals surface area contributed by atoms with Crippen molar-refractivity contribution in [2.24, 2.45) is 0 Å². The Kier molecular flexibility index (Phi) is 4.16. The Labute approximate surface area is 126 Å². The Morgan fingerprint density at radius 3 is 2.85 bits per heavy atom. The molecule has 3 rings (SSSR count). The highest BCUT2D eigenvalue weighted by molar-refractivity contribution is 7.09. The predicted molar refractivity (Wildman–Crippen MR) is 85.3 cm³/mol. The van der Waals surface area contributed by atoms with E-state index in [1.165, 1.54) is 49.5 Å². The first-order valence-electron chi connectivity index (χ1n) is 7.96. The average molecular weight is 293 g/mol. The zero-order valence-electron chi connectivity index (χ0n) is 13.0.